The number of nitrogens with one attached hydrogen (secondary N) is 2. The number of hydrogen-bond acceptors (Lipinski definition) is 7. The van der Waals surface area contributed by atoms with Crippen LogP contribution in [-0.2, 0) is 20.4 Å². The molecule has 1 aromatic heterocycles. The van der Waals surface area contributed by atoms with Crippen LogP contribution in [-0.4, -0.2) is 82.5 Å². The highest BCUT2D eigenvalue weighted by atomic mass is 19.4. The van der Waals surface area contributed by atoms with Gasteiger partial charge in [-0.05, 0) is 34.6 Å². The molecular weight excluding hydrogens is 459 g/mol. The molecule has 0 bridgehead atoms. The fourth-order valence-corrected chi connectivity index (χ4v) is 3.48. The normalized spacial score (nSPS) is 17.9. The van der Waals surface area contributed by atoms with Crippen LogP contribution in [0.2, 0.25) is 0 Å². The summed E-state index contributed by atoms with van der Waals surface area (Å²) >= 11 is 0. The van der Waals surface area contributed by atoms with Crippen LogP contribution in [0, 0.1) is 0 Å². The molecule has 13 heteroatoms. The third-order valence-electron chi connectivity index (χ3n) is 4.97. The van der Waals surface area contributed by atoms with Crippen molar-refractivity contribution in [2.24, 2.45) is 0 Å². The van der Waals surface area contributed by atoms with E-state index in [0.29, 0.717) is 19.6 Å². The molecule has 192 valence electrons. The minimum Gasteiger partial charge on any atom is -0.444 e. The quantitative estimate of drug-likeness (QED) is 0.563. The molecule has 10 nitrogen and oxygen atoms in total. The Hall–Kier alpha value is -2.83. The van der Waals surface area contributed by atoms with Gasteiger partial charge in [-0.2, -0.15) is 18.3 Å². The van der Waals surface area contributed by atoms with Gasteiger partial charge >= 0.3 is 12.3 Å². The Labute approximate surface area is 195 Å². The lowest BCUT2D eigenvalue weighted by atomic mass is 10.1. The fraction of sp³-hybridized carbons (Fsp3) is 0.714. The summed E-state index contributed by atoms with van der Waals surface area (Å²) in [6.07, 6.45) is -4.27. The molecule has 2 heterocycles. The van der Waals surface area contributed by atoms with Gasteiger partial charge in [-0.3, -0.25) is 9.59 Å². The van der Waals surface area contributed by atoms with E-state index in [1.54, 1.807) is 42.6 Å². The maximum absolute atomic E-state index is 13.1. The number of piperazine rings is 1. The average molecular weight is 492 g/mol. The molecule has 0 spiro atoms. The number of ether oxygens (including phenoxy) is 2. The number of H-pyrrole nitrogens is 1. The zero-order valence-electron chi connectivity index (χ0n) is 20.0. The van der Waals surface area contributed by atoms with Crippen LogP contribution in [0.1, 0.15) is 46.6 Å². The molecule has 2 N–H and O–H groups in total. The van der Waals surface area contributed by atoms with E-state index in [9.17, 15) is 27.6 Å². The van der Waals surface area contributed by atoms with Gasteiger partial charge in [0.15, 0.2) is 0 Å². The van der Waals surface area contributed by atoms with Gasteiger partial charge < -0.3 is 24.6 Å². The molecule has 1 aliphatic heterocycles. The molecule has 0 aliphatic carbocycles. The topological polar surface area (TPSA) is 117 Å². The predicted octanol–water partition coefficient (Wildman–Crippen LogP) is 2.46. The summed E-state index contributed by atoms with van der Waals surface area (Å²) in [6, 6.07) is -0.769. The first-order chi connectivity index (χ1) is 15.7. The second-order valence-electron chi connectivity index (χ2n) is 9.22. The Morgan fingerprint density at radius 1 is 1.29 bits per heavy atom. The molecule has 1 aromatic rings. The summed E-state index contributed by atoms with van der Waals surface area (Å²) in [4.78, 5) is 39.6. The Morgan fingerprint density at radius 2 is 1.97 bits per heavy atom. The number of halogens is 3. The minimum atomic E-state index is -4.84. The molecule has 1 aliphatic rings. The van der Waals surface area contributed by atoms with E-state index in [1.165, 1.54) is 0 Å². The molecule has 1 saturated heterocycles. The first-order valence-corrected chi connectivity index (χ1v) is 11.0. The van der Waals surface area contributed by atoms with E-state index in [4.69, 9.17) is 9.47 Å². The first kappa shape index (κ1) is 27.4. The van der Waals surface area contributed by atoms with Crippen LogP contribution < -0.4 is 10.9 Å². The number of hydrogen-bond donors (Lipinski definition) is 2. The summed E-state index contributed by atoms with van der Waals surface area (Å²) < 4.78 is 50.2. The number of carbonyl (C=O) groups excluding carboxylic acids is 2. The molecule has 34 heavy (non-hydrogen) atoms. The zero-order valence-corrected chi connectivity index (χ0v) is 20.0. The van der Waals surface area contributed by atoms with E-state index >= 15 is 0 Å². The number of alkyl halides is 3. The van der Waals surface area contributed by atoms with E-state index in [2.05, 4.69) is 10.4 Å². The molecule has 0 saturated carbocycles. The predicted molar refractivity (Wildman–Crippen MR) is 117 cm³/mol. The summed E-state index contributed by atoms with van der Waals surface area (Å²) in [5.41, 5.74) is -3.74. The van der Waals surface area contributed by atoms with Crippen molar-refractivity contribution in [3.63, 3.8) is 0 Å². The highest BCUT2D eigenvalue weighted by Gasteiger charge is 2.37. The van der Waals surface area contributed by atoms with Gasteiger partial charge in [0, 0.05) is 31.7 Å². The number of carbonyl (C=O) groups is 2. The van der Waals surface area contributed by atoms with Gasteiger partial charge in [-0.25, -0.2) is 9.89 Å². The maximum Gasteiger partial charge on any atom is 0.423 e. The standard InChI is InChI=1S/C21H32F3N5O5/c1-13(26-15-10-25-27-18(31)17(15)21(22,23)24)12-33-9-6-16(30)29-8-7-28(11-14(29)2)19(32)34-20(3,4)5/h10,13-14H,6-9,11-12H2,1-5H3,(H2,26,27,31)/t13-,14?/m0/s1. The van der Waals surface area contributed by atoms with Crippen LogP contribution in [0.4, 0.5) is 23.7 Å². The molecule has 1 unspecified atom stereocenters. The molecule has 0 radical (unpaired) electrons. The number of anilines is 1. The second-order valence-corrected chi connectivity index (χ2v) is 9.22. The van der Waals surface area contributed by atoms with E-state index in [1.807, 2.05) is 6.92 Å². The monoisotopic (exact) mass is 491 g/mol. The van der Waals surface area contributed by atoms with Crippen molar-refractivity contribution in [1.82, 2.24) is 20.0 Å². The highest BCUT2D eigenvalue weighted by molar-refractivity contribution is 5.77. The third-order valence-corrected chi connectivity index (χ3v) is 4.97. The van der Waals surface area contributed by atoms with Gasteiger partial charge in [-0.1, -0.05) is 0 Å². The lowest BCUT2D eigenvalue weighted by Crippen LogP contribution is -2.56. The molecule has 2 amide bonds. The fourth-order valence-electron chi connectivity index (χ4n) is 3.48. The Kier molecular flexibility index (Phi) is 8.92. The van der Waals surface area contributed by atoms with Crippen LogP contribution in [0.25, 0.3) is 0 Å². The molecular formula is C21H32F3N5O5. The van der Waals surface area contributed by atoms with Crippen molar-refractivity contribution >= 4 is 17.7 Å². The van der Waals surface area contributed by atoms with E-state index < -0.39 is 40.7 Å². The number of aromatic amines is 1. The van der Waals surface area contributed by atoms with Crippen molar-refractivity contribution in [2.75, 3.05) is 38.2 Å². The molecule has 0 aromatic carbocycles. The van der Waals surface area contributed by atoms with Crippen molar-refractivity contribution in [1.29, 1.82) is 0 Å². The van der Waals surface area contributed by atoms with Crippen molar-refractivity contribution in [3.05, 3.63) is 22.1 Å². The van der Waals surface area contributed by atoms with Crippen molar-refractivity contribution < 1.29 is 32.2 Å². The Bertz CT molecular complexity index is 915. The highest BCUT2D eigenvalue weighted by Crippen LogP contribution is 2.31. The van der Waals surface area contributed by atoms with Gasteiger partial charge in [0.2, 0.25) is 5.91 Å². The number of aromatic nitrogens is 2. The van der Waals surface area contributed by atoms with Gasteiger partial charge in [0.05, 0.1) is 31.5 Å². The SMILES string of the molecule is CC1CN(C(=O)OC(C)(C)C)CCN1C(=O)CCOC[C@H](C)Nc1cn[nH]c(=O)c1C(F)(F)F. The van der Waals surface area contributed by atoms with Crippen LogP contribution in [0.15, 0.2) is 11.0 Å². The van der Waals surface area contributed by atoms with Crippen molar-refractivity contribution in [3.8, 4) is 0 Å². The third kappa shape index (κ3) is 7.89. The smallest absolute Gasteiger partial charge is 0.423 e. The Balaban J connectivity index is 1.78. The van der Waals surface area contributed by atoms with Crippen LogP contribution >= 0.6 is 0 Å². The largest absolute Gasteiger partial charge is 0.444 e. The van der Waals surface area contributed by atoms with E-state index in [0.717, 1.165) is 6.20 Å². The average Bonchev–Trinajstić information content (AvgIpc) is 2.68. The van der Waals surface area contributed by atoms with Crippen molar-refractivity contribution in [2.45, 2.75) is 64.9 Å². The summed E-state index contributed by atoms with van der Waals surface area (Å²) in [7, 11) is 0. The maximum atomic E-state index is 13.1. The number of rotatable bonds is 7. The lowest BCUT2D eigenvalue weighted by molar-refractivity contribution is -0.138. The van der Waals surface area contributed by atoms with E-state index in [-0.39, 0.29) is 31.6 Å². The molecule has 1 fully saturated rings. The molecule has 2 rings (SSSR count). The van der Waals surface area contributed by atoms with Gasteiger partial charge in [-0.15, -0.1) is 0 Å². The Morgan fingerprint density at radius 3 is 2.56 bits per heavy atom. The first-order valence-electron chi connectivity index (χ1n) is 11.0. The van der Waals surface area contributed by atoms with Crippen LogP contribution in [0.3, 0.4) is 0 Å². The van der Waals surface area contributed by atoms with Crippen LogP contribution in [0.5, 0.6) is 0 Å². The second kappa shape index (κ2) is 11.1. The summed E-state index contributed by atoms with van der Waals surface area (Å²) in [6.45, 7) is 9.96. The summed E-state index contributed by atoms with van der Waals surface area (Å²) in [5.74, 6) is -0.143. The zero-order chi connectivity index (χ0) is 25.7. The van der Waals surface area contributed by atoms with Gasteiger partial charge in [0.1, 0.15) is 11.2 Å². The lowest BCUT2D eigenvalue weighted by Gasteiger charge is -2.40. The summed E-state index contributed by atoms with van der Waals surface area (Å²) in [5, 5.41) is 7.75. The molecule has 2 atom stereocenters. The number of nitrogens with zero attached hydrogens (tertiary/aromatic N) is 3. The number of amides is 2. The van der Waals surface area contributed by atoms with Gasteiger partial charge in [0.25, 0.3) is 5.56 Å². The minimum absolute atomic E-state index is 0.0132.